The minimum atomic E-state index is -3.03. The Hall–Kier alpha value is -1.77. The summed E-state index contributed by atoms with van der Waals surface area (Å²) in [5, 5.41) is 4.03. The van der Waals surface area contributed by atoms with E-state index in [2.05, 4.69) is 5.10 Å². The average Bonchev–Trinajstić information content (AvgIpc) is 3.10. The molecule has 0 bridgehead atoms. The van der Waals surface area contributed by atoms with Crippen molar-refractivity contribution in [3.05, 3.63) is 48.3 Å². The second kappa shape index (κ2) is 7.33. The highest BCUT2D eigenvalue weighted by Gasteiger charge is 2.52. The number of benzene rings is 1. The largest absolute Gasteiger partial charge is 0.498 e. The van der Waals surface area contributed by atoms with Gasteiger partial charge in [-0.05, 0) is 33.3 Å². The first-order chi connectivity index (χ1) is 12.6. The second-order valence-corrected chi connectivity index (χ2v) is 7.89. The molecular weight excluding hydrogens is 353 g/mol. The molecule has 0 spiro atoms. The van der Waals surface area contributed by atoms with Crippen LogP contribution in [-0.4, -0.2) is 40.6 Å². The van der Waals surface area contributed by atoms with Gasteiger partial charge in [-0.15, -0.1) is 0 Å². The third-order valence-electron chi connectivity index (χ3n) is 5.00. The Morgan fingerprint density at radius 2 is 1.74 bits per heavy atom. The second-order valence-electron chi connectivity index (χ2n) is 7.89. The number of hydrogen-bond donors (Lipinski definition) is 0. The lowest BCUT2D eigenvalue weighted by Gasteiger charge is -2.32. The average molecular weight is 378 g/mol. The quantitative estimate of drug-likeness (QED) is 0.695. The fourth-order valence-electron chi connectivity index (χ4n) is 2.74. The van der Waals surface area contributed by atoms with Gasteiger partial charge < -0.3 is 14.0 Å². The molecule has 1 saturated heterocycles. The van der Waals surface area contributed by atoms with Gasteiger partial charge in [-0.3, -0.25) is 4.68 Å². The van der Waals surface area contributed by atoms with E-state index in [0.29, 0.717) is 5.46 Å². The van der Waals surface area contributed by atoms with Gasteiger partial charge in [0.15, 0.2) is 0 Å². The summed E-state index contributed by atoms with van der Waals surface area (Å²) < 4.78 is 46.6. The number of rotatable bonds is 7. The van der Waals surface area contributed by atoms with Gasteiger partial charge in [0.2, 0.25) is 0 Å². The van der Waals surface area contributed by atoms with E-state index in [4.69, 9.17) is 14.0 Å². The van der Waals surface area contributed by atoms with Crippen LogP contribution >= 0.6 is 0 Å². The van der Waals surface area contributed by atoms with Crippen LogP contribution in [0.1, 0.15) is 33.3 Å². The minimum absolute atomic E-state index is 0.148. The number of halogens is 2. The van der Waals surface area contributed by atoms with Gasteiger partial charge in [0, 0.05) is 17.9 Å². The summed E-state index contributed by atoms with van der Waals surface area (Å²) >= 11 is 0. The number of alkyl halides is 2. The number of nitrogens with zero attached hydrogens (tertiary/aromatic N) is 2. The van der Waals surface area contributed by atoms with E-state index in [-0.39, 0.29) is 6.61 Å². The zero-order valence-corrected chi connectivity index (χ0v) is 16.1. The predicted octanol–water partition coefficient (Wildman–Crippen LogP) is 3.03. The van der Waals surface area contributed by atoms with Crippen molar-refractivity contribution < 1.29 is 22.8 Å². The van der Waals surface area contributed by atoms with Gasteiger partial charge in [0.05, 0.1) is 17.8 Å². The molecule has 1 aliphatic rings. The highest BCUT2D eigenvalue weighted by atomic mass is 19.3. The Kier molecular flexibility index (Phi) is 5.43. The molecule has 3 rings (SSSR count). The molecule has 1 aromatic carbocycles. The number of hydrogen-bond acceptors (Lipinski definition) is 4. The van der Waals surface area contributed by atoms with Crippen molar-refractivity contribution >= 4 is 12.6 Å². The number of aromatic nitrogens is 2. The fraction of sp³-hybridized carbons (Fsp3) is 0.526. The van der Waals surface area contributed by atoms with Crippen LogP contribution in [-0.2, 0) is 27.2 Å². The maximum Gasteiger partial charge on any atom is 0.498 e. The normalized spacial score (nSPS) is 18.8. The highest BCUT2D eigenvalue weighted by molar-refractivity contribution is 6.61. The first-order valence-electron chi connectivity index (χ1n) is 8.95. The summed E-state index contributed by atoms with van der Waals surface area (Å²) in [5.41, 5.74) is 0.495. The molecule has 2 heterocycles. The fourth-order valence-corrected chi connectivity index (χ4v) is 2.74. The van der Waals surface area contributed by atoms with Crippen molar-refractivity contribution in [2.24, 2.45) is 0 Å². The van der Waals surface area contributed by atoms with Crippen LogP contribution in [0.5, 0.6) is 0 Å². The van der Waals surface area contributed by atoms with Gasteiger partial charge in [-0.1, -0.05) is 30.3 Å². The van der Waals surface area contributed by atoms with Gasteiger partial charge in [-0.2, -0.15) is 5.10 Å². The van der Waals surface area contributed by atoms with Gasteiger partial charge in [0.1, 0.15) is 13.2 Å². The van der Waals surface area contributed by atoms with E-state index in [1.165, 1.54) is 17.1 Å². The van der Waals surface area contributed by atoms with Crippen LogP contribution in [0.4, 0.5) is 8.78 Å². The predicted molar refractivity (Wildman–Crippen MR) is 99.0 cm³/mol. The van der Waals surface area contributed by atoms with Crippen molar-refractivity contribution in [2.75, 3.05) is 6.61 Å². The maximum atomic E-state index is 14.2. The zero-order valence-electron chi connectivity index (χ0n) is 16.1. The standard InChI is InChI=1S/C19H25BF2N2O3/c1-17(2)18(3,4)27-20(26-17)16-10-23-24(11-16)13-19(21,22)14-25-12-15-8-6-5-7-9-15/h5-11H,12-14H2,1-4H3. The van der Waals surface area contributed by atoms with Crippen LogP contribution in [0.2, 0.25) is 0 Å². The summed E-state index contributed by atoms with van der Waals surface area (Å²) in [6, 6.07) is 9.23. The molecule has 0 unspecified atom stereocenters. The summed E-state index contributed by atoms with van der Waals surface area (Å²) in [7, 11) is -0.619. The Morgan fingerprint density at radius 3 is 2.37 bits per heavy atom. The lowest BCUT2D eigenvalue weighted by atomic mass is 9.82. The molecule has 1 aliphatic heterocycles. The topological polar surface area (TPSA) is 45.5 Å². The third kappa shape index (κ3) is 4.75. The third-order valence-corrected chi connectivity index (χ3v) is 5.00. The lowest BCUT2D eigenvalue weighted by molar-refractivity contribution is -0.0937. The Morgan fingerprint density at radius 1 is 1.11 bits per heavy atom. The Bertz CT molecular complexity index is 749. The van der Waals surface area contributed by atoms with Crippen molar-refractivity contribution in [1.29, 1.82) is 0 Å². The molecule has 0 radical (unpaired) electrons. The molecule has 0 atom stereocenters. The van der Waals surface area contributed by atoms with Gasteiger partial charge in [-0.25, -0.2) is 8.78 Å². The van der Waals surface area contributed by atoms with E-state index < -0.39 is 37.4 Å². The molecule has 5 nitrogen and oxygen atoms in total. The van der Waals surface area contributed by atoms with E-state index in [0.717, 1.165) is 5.56 Å². The van der Waals surface area contributed by atoms with E-state index in [1.807, 2.05) is 58.0 Å². The number of ether oxygens (including phenoxy) is 1. The summed E-state index contributed by atoms with van der Waals surface area (Å²) in [5.74, 6) is -3.03. The van der Waals surface area contributed by atoms with Crippen LogP contribution in [0.3, 0.4) is 0 Å². The molecule has 8 heteroatoms. The maximum absolute atomic E-state index is 14.2. The molecule has 1 fully saturated rings. The Labute approximate surface area is 158 Å². The minimum Gasteiger partial charge on any atom is -0.399 e. The van der Waals surface area contributed by atoms with Crippen molar-refractivity contribution in [3.63, 3.8) is 0 Å². The van der Waals surface area contributed by atoms with Gasteiger partial charge >= 0.3 is 7.12 Å². The first-order valence-corrected chi connectivity index (χ1v) is 8.95. The molecule has 0 N–H and O–H groups in total. The van der Waals surface area contributed by atoms with E-state index >= 15 is 0 Å². The smallest absolute Gasteiger partial charge is 0.399 e. The molecule has 146 valence electrons. The molecule has 1 aromatic heterocycles. The van der Waals surface area contributed by atoms with Crippen molar-refractivity contribution in [2.45, 2.75) is 58.0 Å². The highest BCUT2D eigenvalue weighted by Crippen LogP contribution is 2.36. The van der Waals surface area contributed by atoms with Crippen molar-refractivity contribution in [1.82, 2.24) is 9.78 Å². The lowest BCUT2D eigenvalue weighted by Crippen LogP contribution is -2.41. The molecule has 0 amide bonds. The molecule has 27 heavy (non-hydrogen) atoms. The molecule has 0 aliphatic carbocycles. The SMILES string of the molecule is CC1(C)OB(c2cnn(CC(F)(F)COCc3ccccc3)c2)OC1(C)C. The summed E-state index contributed by atoms with van der Waals surface area (Å²) in [6.07, 6.45) is 3.04. The van der Waals surface area contributed by atoms with E-state index in [1.54, 1.807) is 0 Å². The Balaban J connectivity index is 1.55. The first kappa shape index (κ1) is 20.0. The summed E-state index contributed by atoms with van der Waals surface area (Å²) in [6.45, 7) is 6.67. The van der Waals surface area contributed by atoms with Crippen LogP contribution in [0.25, 0.3) is 0 Å². The van der Waals surface area contributed by atoms with E-state index in [9.17, 15) is 8.78 Å². The van der Waals surface area contributed by atoms with Crippen LogP contribution in [0, 0.1) is 0 Å². The van der Waals surface area contributed by atoms with Gasteiger partial charge in [0.25, 0.3) is 5.92 Å². The molecule has 0 saturated carbocycles. The van der Waals surface area contributed by atoms with Crippen LogP contribution < -0.4 is 5.46 Å². The van der Waals surface area contributed by atoms with Crippen LogP contribution in [0.15, 0.2) is 42.7 Å². The summed E-state index contributed by atoms with van der Waals surface area (Å²) in [4.78, 5) is 0. The van der Waals surface area contributed by atoms with Crippen molar-refractivity contribution in [3.8, 4) is 0 Å². The molecular formula is C19H25BF2N2O3. The molecule has 2 aromatic rings. The monoisotopic (exact) mass is 378 g/mol. The zero-order chi connectivity index (χ0) is 19.7.